The van der Waals surface area contributed by atoms with Crippen molar-refractivity contribution in [3.8, 4) is 5.75 Å². The summed E-state index contributed by atoms with van der Waals surface area (Å²) >= 11 is 0. The summed E-state index contributed by atoms with van der Waals surface area (Å²) in [5, 5.41) is 5.28. The van der Waals surface area contributed by atoms with Crippen LogP contribution < -0.4 is 15.4 Å². The number of ether oxygens (including phenoxy) is 1. The predicted molar refractivity (Wildman–Crippen MR) is 81.3 cm³/mol. The number of carbonyl (C=O) groups is 2. The lowest BCUT2D eigenvalue weighted by molar-refractivity contribution is -0.128. The zero-order valence-corrected chi connectivity index (χ0v) is 13.3. The van der Waals surface area contributed by atoms with Crippen LogP contribution in [0.5, 0.6) is 5.75 Å². The van der Waals surface area contributed by atoms with Gasteiger partial charge in [0.15, 0.2) is 0 Å². The second-order valence-electron chi connectivity index (χ2n) is 5.11. The van der Waals surface area contributed by atoms with Gasteiger partial charge in [0, 0.05) is 27.1 Å². The molecule has 1 unspecified atom stereocenters. The molecule has 23 heavy (non-hydrogen) atoms. The van der Waals surface area contributed by atoms with Crippen molar-refractivity contribution >= 4 is 11.9 Å². The molecule has 0 spiro atoms. The fourth-order valence-electron chi connectivity index (χ4n) is 1.78. The maximum absolute atomic E-state index is 12.1. The molecule has 0 saturated carbocycles. The highest BCUT2D eigenvalue weighted by molar-refractivity contribution is 5.78. The molecule has 6 nitrogen and oxygen atoms in total. The Kier molecular flexibility index (Phi) is 7.24. The standard InChI is InChI=1S/C15H21F2N3O3/c1-10(11-4-6-12(7-5-11)23-14(16)17)19-15(22)18-9-8-13(21)20(2)3/h4-7,10,14H,8-9H2,1-3H3,(H2,18,19,22). The van der Waals surface area contributed by atoms with Crippen LogP contribution in [0, 0.1) is 0 Å². The van der Waals surface area contributed by atoms with Crippen LogP contribution in [-0.4, -0.2) is 44.1 Å². The molecule has 0 aliphatic heterocycles. The van der Waals surface area contributed by atoms with Gasteiger partial charge in [-0.05, 0) is 24.6 Å². The van der Waals surface area contributed by atoms with Gasteiger partial charge in [0.25, 0.3) is 0 Å². The van der Waals surface area contributed by atoms with E-state index in [0.29, 0.717) is 0 Å². The van der Waals surface area contributed by atoms with Gasteiger partial charge in [-0.1, -0.05) is 12.1 Å². The van der Waals surface area contributed by atoms with Crippen molar-refractivity contribution in [1.82, 2.24) is 15.5 Å². The second-order valence-corrected chi connectivity index (χ2v) is 5.11. The summed E-state index contributed by atoms with van der Waals surface area (Å²) in [7, 11) is 3.29. The molecule has 0 aliphatic rings. The third kappa shape index (κ3) is 6.94. The summed E-state index contributed by atoms with van der Waals surface area (Å²) < 4.78 is 28.4. The minimum absolute atomic E-state index is 0.0580. The lowest BCUT2D eigenvalue weighted by atomic mass is 10.1. The monoisotopic (exact) mass is 329 g/mol. The first-order valence-corrected chi connectivity index (χ1v) is 7.09. The molecular formula is C15H21F2N3O3. The molecule has 2 N–H and O–H groups in total. The van der Waals surface area contributed by atoms with Crippen molar-refractivity contribution in [3.05, 3.63) is 29.8 Å². The van der Waals surface area contributed by atoms with Crippen LogP contribution in [0.4, 0.5) is 13.6 Å². The molecule has 3 amide bonds. The molecule has 1 atom stereocenters. The van der Waals surface area contributed by atoms with Crippen LogP contribution in [0.2, 0.25) is 0 Å². The number of halogens is 2. The van der Waals surface area contributed by atoms with E-state index in [1.54, 1.807) is 33.2 Å². The third-order valence-electron chi connectivity index (χ3n) is 3.08. The van der Waals surface area contributed by atoms with Crippen molar-refractivity contribution in [3.63, 3.8) is 0 Å². The molecular weight excluding hydrogens is 308 g/mol. The number of benzene rings is 1. The number of nitrogens with zero attached hydrogens (tertiary/aromatic N) is 1. The highest BCUT2D eigenvalue weighted by atomic mass is 19.3. The van der Waals surface area contributed by atoms with Crippen molar-refractivity contribution in [1.29, 1.82) is 0 Å². The molecule has 1 aromatic rings. The summed E-state index contributed by atoms with van der Waals surface area (Å²) in [4.78, 5) is 24.5. The number of hydrogen-bond donors (Lipinski definition) is 2. The maximum atomic E-state index is 12.1. The highest BCUT2D eigenvalue weighted by Gasteiger charge is 2.11. The van der Waals surface area contributed by atoms with Gasteiger partial charge in [-0.25, -0.2) is 4.79 Å². The molecule has 0 saturated heterocycles. The Morgan fingerprint density at radius 2 is 1.83 bits per heavy atom. The van der Waals surface area contributed by atoms with E-state index in [-0.39, 0.29) is 30.7 Å². The first-order valence-electron chi connectivity index (χ1n) is 7.09. The van der Waals surface area contributed by atoms with E-state index in [0.717, 1.165) is 5.56 Å². The Bertz CT molecular complexity index is 521. The van der Waals surface area contributed by atoms with Crippen LogP contribution >= 0.6 is 0 Å². The fraction of sp³-hybridized carbons (Fsp3) is 0.467. The van der Waals surface area contributed by atoms with Gasteiger partial charge in [-0.2, -0.15) is 8.78 Å². The van der Waals surface area contributed by atoms with Gasteiger partial charge < -0.3 is 20.3 Å². The lowest BCUT2D eigenvalue weighted by Crippen LogP contribution is -2.38. The minimum Gasteiger partial charge on any atom is -0.435 e. The lowest BCUT2D eigenvalue weighted by Gasteiger charge is -2.16. The maximum Gasteiger partial charge on any atom is 0.387 e. The van der Waals surface area contributed by atoms with Gasteiger partial charge in [-0.3, -0.25) is 4.79 Å². The number of carbonyl (C=O) groups excluding carboxylic acids is 2. The van der Waals surface area contributed by atoms with Gasteiger partial charge >= 0.3 is 12.6 Å². The number of hydrogen-bond acceptors (Lipinski definition) is 3. The molecule has 0 radical (unpaired) electrons. The zero-order valence-electron chi connectivity index (χ0n) is 13.3. The van der Waals surface area contributed by atoms with E-state index < -0.39 is 12.6 Å². The second kappa shape index (κ2) is 8.92. The summed E-state index contributed by atoms with van der Waals surface area (Å²) in [6.07, 6.45) is 0.217. The summed E-state index contributed by atoms with van der Waals surface area (Å²) in [5.41, 5.74) is 0.742. The first-order chi connectivity index (χ1) is 10.8. The Morgan fingerprint density at radius 3 is 2.35 bits per heavy atom. The molecule has 8 heteroatoms. The smallest absolute Gasteiger partial charge is 0.387 e. The average Bonchev–Trinajstić information content (AvgIpc) is 2.46. The highest BCUT2D eigenvalue weighted by Crippen LogP contribution is 2.18. The van der Waals surface area contributed by atoms with Crippen molar-refractivity contribution < 1.29 is 23.1 Å². The minimum atomic E-state index is -2.87. The number of alkyl halides is 2. The normalized spacial score (nSPS) is 11.7. The number of amides is 3. The molecule has 128 valence electrons. The predicted octanol–water partition coefficient (Wildman–Crippen LogP) is 2.13. The quantitative estimate of drug-likeness (QED) is 0.805. The topological polar surface area (TPSA) is 70.7 Å². The SMILES string of the molecule is CC(NC(=O)NCCC(=O)N(C)C)c1ccc(OC(F)F)cc1. The molecule has 1 rings (SSSR count). The Balaban J connectivity index is 2.41. The van der Waals surface area contributed by atoms with E-state index in [9.17, 15) is 18.4 Å². The molecule has 0 heterocycles. The molecule has 0 aliphatic carbocycles. The Hall–Kier alpha value is -2.38. The summed E-state index contributed by atoms with van der Waals surface area (Å²) in [6.45, 7) is -0.878. The van der Waals surface area contributed by atoms with Crippen LogP contribution in [-0.2, 0) is 4.79 Å². The number of urea groups is 1. The van der Waals surface area contributed by atoms with Gasteiger partial charge in [-0.15, -0.1) is 0 Å². The van der Waals surface area contributed by atoms with E-state index in [1.165, 1.54) is 17.0 Å². The molecule has 0 fully saturated rings. The molecule has 0 aromatic heterocycles. The van der Waals surface area contributed by atoms with Crippen molar-refractivity contribution in [2.24, 2.45) is 0 Å². The van der Waals surface area contributed by atoms with Crippen LogP contribution in [0.15, 0.2) is 24.3 Å². The van der Waals surface area contributed by atoms with E-state index in [1.807, 2.05) is 0 Å². The number of nitrogens with one attached hydrogen (secondary N) is 2. The first kappa shape index (κ1) is 18.7. The van der Waals surface area contributed by atoms with Crippen molar-refractivity contribution in [2.75, 3.05) is 20.6 Å². The van der Waals surface area contributed by atoms with E-state index >= 15 is 0 Å². The van der Waals surface area contributed by atoms with Crippen molar-refractivity contribution in [2.45, 2.75) is 26.0 Å². The number of rotatable bonds is 7. The summed E-state index contributed by atoms with van der Waals surface area (Å²) in [5.74, 6) is -0.0180. The average molecular weight is 329 g/mol. The Morgan fingerprint density at radius 1 is 1.22 bits per heavy atom. The van der Waals surface area contributed by atoms with Gasteiger partial charge in [0.1, 0.15) is 5.75 Å². The van der Waals surface area contributed by atoms with E-state index in [4.69, 9.17) is 0 Å². The van der Waals surface area contributed by atoms with Gasteiger partial charge in [0.2, 0.25) is 5.91 Å². The third-order valence-corrected chi connectivity index (χ3v) is 3.08. The van der Waals surface area contributed by atoms with Crippen LogP contribution in [0.1, 0.15) is 24.9 Å². The van der Waals surface area contributed by atoms with Gasteiger partial charge in [0.05, 0.1) is 6.04 Å². The molecule has 1 aromatic carbocycles. The summed E-state index contributed by atoms with van der Waals surface area (Å²) in [6, 6.07) is 5.29. The van der Waals surface area contributed by atoms with Crippen LogP contribution in [0.25, 0.3) is 0 Å². The Labute approximate surface area is 133 Å². The molecule has 0 bridgehead atoms. The zero-order chi connectivity index (χ0) is 17.4. The largest absolute Gasteiger partial charge is 0.435 e. The fourth-order valence-corrected chi connectivity index (χ4v) is 1.78. The van der Waals surface area contributed by atoms with E-state index in [2.05, 4.69) is 15.4 Å². The van der Waals surface area contributed by atoms with Crippen LogP contribution in [0.3, 0.4) is 0 Å².